The largest absolute Gasteiger partial charge is 0.391 e. The second-order valence-corrected chi connectivity index (χ2v) is 14.9. The van der Waals surface area contributed by atoms with Gasteiger partial charge in [0.15, 0.2) is 12.6 Å². The second kappa shape index (κ2) is 26.4. The molecule has 0 aromatic carbocycles. The van der Waals surface area contributed by atoms with Crippen LogP contribution >= 0.6 is 0 Å². The Kier molecular flexibility index (Phi) is 24.1. The average molecular weight is 807 g/mol. The molecule has 0 amide bonds. The lowest BCUT2D eigenvalue weighted by atomic mass is 9.95. The van der Waals surface area contributed by atoms with Crippen molar-refractivity contribution in [1.29, 1.82) is 0 Å². The van der Waals surface area contributed by atoms with Crippen LogP contribution in [0.3, 0.4) is 0 Å². The molecule has 2 rings (SSSR count). The van der Waals surface area contributed by atoms with Crippen molar-refractivity contribution in [2.45, 2.75) is 166 Å². The van der Waals surface area contributed by atoms with E-state index in [0.29, 0.717) is 0 Å². The molecule has 0 spiro atoms. The van der Waals surface area contributed by atoms with Crippen LogP contribution in [0.5, 0.6) is 0 Å². The van der Waals surface area contributed by atoms with Crippen LogP contribution in [0.25, 0.3) is 0 Å². The van der Waals surface area contributed by atoms with Crippen molar-refractivity contribution in [3.8, 4) is 0 Å². The summed E-state index contributed by atoms with van der Waals surface area (Å²) >= 11 is 0. The standard InChI is InChI=1S/C36H70O19/c1-19(37)9-45-17-27-29(47-11-21(3)39)31(48-12-22(4)40)34(51-15-25(7)43)36(54-27)55-30-28(18-46-10-20(2)38)53-35(52-16-26(8)44)33(50-14-24(6)42)32(30)49-13-23(5)41/h19-44H,9-18H2,1-8H3/t19-,20-,21+,22-,23-,24-,25-,26-,27+,28+,29+,30+,31-,32-,33+,34+,35+,36+/m0/s1. The Morgan fingerprint density at radius 2 is 0.636 bits per heavy atom. The number of aliphatic hydroxyl groups excluding tert-OH is 8. The maximum Gasteiger partial charge on any atom is 0.187 e. The minimum absolute atomic E-state index is 0.0553. The highest BCUT2D eigenvalue weighted by molar-refractivity contribution is 4.98. The Morgan fingerprint density at radius 3 is 1.04 bits per heavy atom. The highest BCUT2D eigenvalue weighted by Gasteiger charge is 2.55. The molecule has 2 saturated heterocycles. The molecule has 2 aliphatic rings. The molecule has 19 nitrogen and oxygen atoms in total. The molecule has 0 radical (unpaired) electrons. The maximum atomic E-state index is 10.3. The first kappa shape index (κ1) is 50.4. The smallest absolute Gasteiger partial charge is 0.187 e. The van der Waals surface area contributed by atoms with Gasteiger partial charge in [-0.1, -0.05) is 0 Å². The van der Waals surface area contributed by atoms with Crippen molar-refractivity contribution in [3.63, 3.8) is 0 Å². The predicted octanol–water partition coefficient (Wildman–Crippen LogP) is -2.16. The summed E-state index contributed by atoms with van der Waals surface area (Å²) in [5, 5.41) is 81.2. The van der Waals surface area contributed by atoms with E-state index in [1.165, 1.54) is 41.5 Å². The van der Waals surface area contributed by atoms with Gasteiger partial charge in [-0.05, 0) is 55.4 Å². The third-order valence-electron chi connectivity index (χ3n) is 7.91. The first-order valence-corrected chi connectivity index (χ1v) is 19.1. The third-order valence-corrected chi connectivity index (χ3v) is 7.91. The van der Waals surface area contributed by atoms with E-state index < -0.39 is 110 Å². The van der Waals surface area contributed by atoms with Gasteiger partial charge >= 0.3 is 0 Å². The van der Waals surface area contributed by atoms with Crippen molar-refractivity contribution in [2.24, 2.45) is 0 Å². The van der Waals surface area contributed by atoms with E-state index in [1.807, 2.05) is 0 Å². The Hall–Kier alpha value is -0.760. The normalized spacial score (nSPS) is 33.4. The van der Waals surface area contributed by atoms with Crippen molar-refractivity contribution >= 4 is 0 Å². The van der Waals surface area contributed by atoms with E-state index >= 15 is 0 Å². The molecular formula is C36H70O19. The number of hydrogen-bond donors (Lipinski definition) is 8. The fourth-order valence-electron chi connectivity index (χ4n) is 5.72. The Morgan fingerprint density at radius 1 is 0.345 bits per heavy atom. The highest BCUT2D eigenvalue weighted by Crippen LogP contribution is 2.35. The number of rotatable bonds is 28. The summed E-state index contributed by atoms with van der Waals surface area (Å²) in [6.45, 7) is 10.7. The van der Waals surface area contributed by atoms with Gasteiger partial charge in [0.25, 0.3) is 0 Å². The molecule has 0 aromatic heterocycles. The first-order chi connectivity index (χ1) is 25.9. The summed E-state index contributed by atoms with van der Waals surface area (Å²) in [7, 11) is 0. The van der Waals surface area contributed by atoms with Crippen molar-refractivity contribution in [3.05, 3.63) is 0 Å². The minimum atomic E-state index is -1.39. The molecular weight excluding hydrogens is 736 g/mol. The van der Waals surface area contributed by atoms with Crippen LogP contribution in [0.2, 0.25) is 0 Å². The molecule has 2 fully saturated rings. The van der Waals surface area contributed by atoms with Gasteiger partial charge in [0.05, 0.1) is 115 Å². The van der Waals surface area contributed by atoms with E-state index in [-0.39, 0.29) is 66.1 Å². The molecule has 0 aliphatic carbocycles. The van der Waals surface area contributed by atoms with Crippen LogP contribution in [0.4, 0.5) is 0 Å². The lowest BCUT2D eigenvalue weighted by molar-refractivity contribution is -0.377. The lowest BCUT2D eigenvalue weighted by Crippen LogP contribution is -2.67. The summed E-state index contributed by atoms with van der Waals surface area (Å²) < 4.78 is 68.1. The summed E-state index contributed by atoms with van der Waals surface area (Å²) in [5.41, 5.74) is 0. The van der Waals surface area contributed by atoms with Gasteiger partial charge in [0.1, 0.15) is 48.8 Å². The van der Waals surface area contributed by atoms with Gasteiger partial charge in [-0.15, -0.1) is 0 Å². The summed E-state index contributed by atoms with van der Waals surface area (Å²) in [4.78, 5) is 0. The number of hydrogen-bond acceptors (Lipinski definition) is 19. The molecule has 18 atom stereocenters. The SMILES string of the molecule is C[C@H](O)COC[C@H]1O[C@H](O[C@H]2[C@H](OC[C@H](C)O)[C@@H](OC[C@H](C)O)[C@H](OC[C@H](C)O)O[C@@H]2COC[C@H](C)O)[C@H](OC[C@H](C)O)[C@@H](OC[C@H](C)O)[C@@H]1OC[C@@H](C)O. The highest BCUT2D eigenvalue weighted by atomic mass is 16.8. The van der Waals surface area contributed by atoms with Crippen LogP contribution in [0, 0.1) is 0 Å². The van der Waals surface area contributed by atoms with Crippen LogP contribution in [0.1, 0.15) is 55.4 Å². The molecule has 0 unspecified atom stereocenters. The topological polar surface area (TPSA) is 263 Å². The lowest BCUT2D eigenvalue weighted by Gasteiger charge is -2.50. The summed E-state index contributed by atoms with van der Waals surface area (Å²) in [6.07, 6.45) is -18.5. The van der Waals surface area contributed by atoms with E-state index in [9.17, 15) is 40.9 Å². The molecule has 0 saturated carbocycles. The fourth-order valence-corrected chi connectivity index (χ4v) is 5.72. The van der Waals surface area contributed by atoms with Crippen LogP contribution < -0.4 is 0 Å². The maximum absolute atomic E-state index is 10.3. The first-order valence-electron chi connectivity index (χ1n) is 19.1. The van der Waals surface area contributed by atoms with E-state index in [1.54, 1.807) is 13.8 Å². The Labute approximate surface area is 324 Å². The van der Waals surface area contributed by atoms with Crippen LogP contribution in [-0.4, -0.2) is 217 Å². The molecule has 2 aliphatic heterocycles. The van der Waals surface area contributed by atoms with E-state index in [4.69, 9.17) is 52.1 Å². The van der Waals surface area contributed by atoms with Gasteiger partial charge in [0.2, 0.25) is 0 Å². The monoisotopic (exact) mass is 806 g/mol. The quantitative estimate of drug-likeness (QED) is 0.0419. The van der Waals surface area contributed by atoms with Gasteiger partial charge < -0.3 is 93.0 Å². The molecule has 0 aromatic rings. The van der Waals surface area contributed by atoms with Gasteiger partial charge in [-0.25, -0.2) is 0 Å². The summed E-state index contributed by atoms with van der Waals surface area (Å²) in [6, 6.07) is 0. The average Bonchev–Trinajstić information content (AvgIpc) is 3.07. The van der Waals surface area contributed by atoms with Crippen molar-refractivity contribution < 1.29 is 93.0 Å². The fraction of sp³-hybridized carbons (Fsp3) is 1.00. The van der Waals surface area contributed by atoms with Crippen molar-refractivity contribution in [2.75, 3.05) is 66.1 Å². The van der Waals surface area contributed by atoms with Crippen molar-refractivity contribution in [1.82, 2.24) is 0 Å². The third kappa shape index (κ3) is 19.2. The van der Waals surface area contributed by atoms with E-state index in [0.717, 1.165) is 0 Å². The number of aliphatic hydroxyl groups is 8. The summed E-state index contributed by atoms with van der Waals surface area (Å²) in [5.74, 6) is 0. The molecule has 55 heavy (non-hydrogen) atoms. The van der Waals surface area contributed by atoms with Crippen LogP contribution in [0.15, 0.2) is 0 Å². The number of ether oxygens (including phenoxy) is 11. The molecule has 8 N–H and O–H groups in total. The predicted molar refractivity (Wildman–Crippen MR) is 192 cm³/mol. The van der Waals surface area contributed by atoms with E-state index in [2.05, 4.69) is 0 Å². The van der Waals surface area contributed by atoms with Gasteiger partial charge in [0, 0.05) is 0 Å². The second-order valence-electron chi connectivity index (χ2n) is 14.9. The molecule has 328 valence electrons. The van der Waals surface area contributed by atoms with Crippen LogP contribution in [-0.2, 0) is 52.1 Å². The minimum Gasteiger partial charge on any atom is -0.391 e. The zero-order valence-corrected chi connectivity index (χ0v) is 33.5. The molecule has 19 heteroatoms. The van der Waals surface area contributed by atoms with Gasteiger partial charge in [-0.3, -0.25) is 0 Å². The zero-order chi connectivity index (χ0) is 41.2. The molecule has 2 heterocycles. The Bertz CT molecular complexity index is 969. The zero-order valence-electron chi connectivity index (χ0n) is 33.5. The molecule has 0 bridgehead atoms. The Balaban J connectivity index is 2.73. The van der Waals surface area contributed by atoms with Gasteiger partial charge in [-0.2, -0.15) is 0 Å².